The first-order valence-corrected chi connectivity index (χ1v) is 11.2. The van der Waals surface area contributed by atoms with E-state index in [2.05, 4.69) is 6.92 Å². The van der Waals surface area contributed by atoms with Crippen LogP contribution in [0.5, 0.6) is 0 Å². The largest absolute Gasteiger partial charge is 0.459 e. The van der Waals surface area contributed by atoms with Crippen LogP contribution in [-0.4, -0.2) is 29.9 Å². The van der Waals surface area contributed by atoms with E-state index in [1.165, 1.54) is 0 Å². The summed E-state index contributed by atoms with van der Waals surface area (Å²) in [6, 6.07) is 12.6. The molecular weight excluding hydrogens is 404 g/mol. The lowest BCUT2D eigenvalue weighted by Crippen LogP contribution is -2.36. The van der Waals surface area contributed by atoms with Crippen LogP contribution >= 0.6 is 0 Å². The third kappa shape index (κ3) is 6.52. The molecule has 2 aromatic carbocycles. The summed E-state index contributed by atoms with van der Waals surface area (Å²) in [7, 11) is 0. The monoisotopic (exact) mass is 438 g/mol. The topological polar surface area (TPSA) is 69.7 Å². The molecule has 0 fully saturated rings. The Bertz CT molecular complexity index is 925. The summed E-state index contributed by atoms with van der Waals surface area (Å²) in [6.45, 7) is 11.2. The number of carbonyl (C=O) groups is 3. The fraction of sp³-hybridized carbons (Fsp3) is 0.444. The minimum atomic E-state index is -0.879. The zero-order chi connectivity index (χ0) is 23.8. The van der Waals surface area contributed by atoms with Gasteiger partial charge in [0.2, 0.25) is 0 Å². The minimum absolute atomic E-state index is 0.223. The lowest BCUT2D eigenvalue weighted by molar-refractivity contribution is -0.147. The average Bonchev–Trinajstić information content (AvgIpc) is 2.73. The van der Waals surface area contributed by atoms with Gasteiger partial charge in [0.25, 0.3) is 5.78 Å². The van der Waals surface area contributed by atoms with Crippen LogP contribution in [-0.2, 0) is 14.3 Å². The Kier molecular flexibility index (Phi) is 9.18. The first-order chi connectivity index (χ1) is 15.1. The number of hydrogen-bond acceptors (Lipinski definition) is 5. The number of hydrogen-bond donors (Lipinski definition) is 0. The van der Waals surface area contributed by atoms with Crippen LogP contribution in [0.15, 0.2) is 42.5 Å². The molecule has 0 aromatic heterocycles. The summed E-state index contributed by atoms with van der Waals surface area (Å²) in [4.78, 5) is 38.0. The van der Waals surface area contributed by atoms with E-state index < -0.39 is 29.9 Å². The van der Waals surface area contributed by atoms with Crippen LogP contribution in [0, 0.1) is 26.7 Å². The van der Waals surface area contributed by atoms with Crippen LogP contribution in [0.2, 0.25) is 0 Å². The lowest BCUT2D eigenvalue weighted by Gasteiger charge is -2.29. The Morgan fingerprint density at radius 1 is 0.875 bits per heavy atom. The fourth-order valence-corrected chi connectivity index (χ4v) is 4.14. The van der Waals surface area contributed by atoms with Gasteiger partial charge in [-0.25, -0.2) is 9.59 Å². The molecule has 2 aromatic rings. The van der Waals surface area contributed by atoms with Crippen LogP contribution < -0.4 is 0 Å². The van der Waals surface area contributed by atoms with Crippen molar-refractivity contribution >= 4 is 17.7 Å². The van der Waals surface area contributed by atoms with E-state index in [0.717, 1.165) is 29.5 Å². The van der Waals surface area contributed by atoms with Crippen LogP contribution in [0.1, 0.15) is 77.4 Å². The van der Waals surface area contributed by atoms with Crippen molar-refractivity contribution in [1.82, 2.24) is 0 Å². The van der Waals surface area contributed by atoms with Crippen LogP contribution in [0.25, 0.3) is 0 Å². The Labute approximate surface area is 191 Å². The second-order valence-corrected chi connectivity index (χ2v) is 8.50. The SMILES string of the molecule is CCCCC(C(C)OC(=O)C(=O)c1c(C)cc(C)cc1C)C(C)OC(=O)c1ccccc1. The normalized spacial score (nSPS) is 13.7. The van der Waals surface area contributed by atoms with Crippen molar-refractivity contribution in [3.8, 4) is 0 Å². The molecule has 0 aliphatic carbocycles. The van der Waals surface area contributed by atoms with E-state index in [0.29, 0.717) is 17.5 Å². The Hall–Kier alpha value is -2.95. The fourth-order valence-electron chi connectivity index (χ4n) is 4.14. The first kappa shape index (κ1) is 25.3. The number of unbranched alkanes of at least 4 members (excludes halogenated alkanes) is 1. The predicted octanol–water partition coefficient (Wildman–Crippen LogP) is 5.78. The molecule has 3 unspecified atom stereocenters. The molecule has 0 saturated heterocycles. The molecule has 3 atom stereocenters. The summed E-state index contributed by atoms with van der Waals surface area (Å²) in [5.41, 5.74) is 3.40. The predicted molar refractivity (Wildman–Crippen MR) is 125 cm³/mol. The van der Waals surface area contributed by atoms with Crippen molar-refractivity contribution in [3.05, 3.63) is 70.3 Å². The third-order valence-electron chi connectivity index (χ3n) is 5.78. The number of esters is 2. The number of Topliss-reactive ketones (excluding diaryl/α,β-unsaturated/α-hetero) is 1. The van der Waals surface area contributed by atoms with Gasteiger partial charge in [-0.3, -0.25) is 4.79 Å². The highest BCUT2D eigenvalue weighted by Crippen LogP contribution is 2.24. The highest BCUT2D eigenvalue weighted by atomic mass is 16.6. The molecular formula is C27H34O5. The van der Waals surface area contributed by atoms with Gasteiger partial charge in [0.05, 0.1) is 5.56 Å². The number of ketones is 1. The van der Waals surface area contributed by atoms with E-state index in [1.807, 2.05) is 45.9 Å². The molecule has 0 saturated carbocycles. The maximum absolute atomic E-state index is 12.8. The van der Waals surface area contributed by atoms with Crippen molar-refractivity contribution in [1.29, 1.82) is 0 Å². The van der Waals surface area contributed by atoms with Gasteiger partial charge in [-0.05, 0) is 64.3 Å². The van der Waals surface area contributed by atoms with Crippen molar-refractivity contribution in [2.45, 2.75) is 73.0 Å². The lowest BCUT2D eigenvalue weighted by atomic mass is 9.91. The zero-order valence-electron chi connectivity index (χ0n) is 19.9. The maximum atomic E-state index is 12.8. The van der Waals surface area contributed by atoms with Crippen molar-refractivity contribution in [2.75, 3.05) is 0 Å². The standard InChI is InChI=1S/C27H34O5/c1-7-8-14-23(20(5)31-26(29)22-12-10-9-11-13-22)21(6)32-27(30)25(28)24-18(3)15-17(2)16-19(24)4/h9-13,15-16,20-21,23H,7-8,14H2,1-6H3. The van der Waals surface area contributed by atoms with Gasteiger partial charge >= 0.3 is 11.9 Å². The van der Waals surface area contributed by atoms with Gasteiger partial charge in [-0.15, -0.1) is 0 Å². The molecule has 0 spiro atoms. The molecule has 0 N–H and O–H groups in total. The molecule has 5 nitrogen and oxygen atoms in total. The van der Waals surface area contributed by atoms with E-state index in [9.17, 15) is 14.4 Å². The molecule has 172 valence electrons. The molecule has 2 rings (SSSR count). The summed E-state index contributed by atoms with van der Waals surface area (Å²) in [5.74, 6) is -2.16. The zero-order valence-corrected chi connectivity index (χ0v) is 19.9. The van der Waals surface area contributed by atoms with Crippen LogP contribution in [0.4, 0.5) is 0 Å². The van der Waals surface area contributed by atoms with E-state index in [4.69, 9.17) is 9.47 Å². The molecule has 0 aliphatic rings. The summed E-state index contributed by atoms with van der Waals surface area (Å²) >= 11 is 0. The summed E-state index contributed by atoms with van der Waals surface area (Å²) in [5, 5.41) is 0. The minimum Gasteiger partial charge on any atom is -0.459 e. The number of rotatable bonds is 10. The number of ether oxygens (including phenoxy) is 2. The van der Waals surface area contributed by atoms with Gasteiger partial charge in [-0.2, -0.15) is 0 Å². The van der Waals surface area contributed by atoms with Crippen molar-refractivity contribution in [2.24, 2.45) is 5.92 Å². The van der Waals surface area contributed by atoms with Crippen molar-refractivity contribution < 1.29 is 23.9 Å². The summed E-state index contributed by atoms with van der Waals surface area (Å²) in [6.07, 6.45) is 1.50. The first-order valence-electron chi connectivity index (χ1n) is 11.2. The van der Waals surface area contributed by atoms with Crippen molar-refractivity contribution in [3.63, 3.8) is 0 Å². The second-order valence-electron chi connectivity index (χ2n) is 8.50. The average molecular weight is 439 g/mol. The van der Waals surface area contributed by atoms with Gasteiger partial charge in [0.1, 0.15) is 12.2 Å². The van der Waals surface area contributed by atoms with Gasteiger partial charge in [-0.1, -0.05) is 55.7 Å². The second kappa shape index (κ2) is 11.6. The number of aryl methyl sites for hydroxylation is 3. The number of carbonyl (C=O) groups excluding carboxylic acids is 3. The molecule has 0 aliphatic heterocycles. The highest BCUT2D eigenvalue weighted by molar-refractivity contribution is 6.41. The summed E-state index contributed by atoms with van der Waals surface area (Å²) < 4.78 is 11.3. The maximum Gasteiger partial charge on any atom is 0.379 e. The van der Waals surface area contributed by atoms with Crippen LogP contribution in [0.3, 0.4) is 0 Å². The molecule has 0 heterocycles. The van der Waals surface area contributed by atoms with Gasteiger partial charge < -0.3 is 9.47 Å². The Balaban J connectivity index is 2.12. The van der Waals surface area contributed by atoms with E-state index in [-0.39, 0.29) is 5.92 Å². The molecule has 0 amide bonds. The smallest absolute Gasteiger partial charge is 0.379 e. The molecule has 0 bridgehead atoms. The molecule has 32 heavy (non-hydrogen) atoms. The van der Waals surface area contributed by atoms with Gasteiger partial charge in [0, 0.05) is 11.5 Å². The molecule has 0 radical (unpaired) electrons. The van der Waals surface area contributed by atoms with E-state index >= 15 is 0 Å². The molecule has 5 heteroatoms. The van der Waals surface area contributed by atoms with E-state index in [1.54, 1.807) is 31.2 Å². The quantitative estimate of drug-likeness (QED) is 0.267. The number of benzene rings is 2. The Morgan fingerprint density at radius 2 is 1.44 bits per heavy atom. The highest BCUT2D eigenvalue weighted by Gasteiger charge is 2.31. The third-order valence-corrected chi connectivity index (χ3v) is 5.78. The van der Waals surface area contributed by atoms with Gasteiger partial charge in [0.15, 0.2) is 0 Å². The Morgan fingerprint density at radius 3 is 2.00 bits per heavy atom.